The zero-order valence-corrected chi connectivity index (χ0v) is 14.4. The topological polar surface area (TPSA) is 70.2 Å². The first-order chi connectivity index (χ1) is 9.65. The first kappa shape index (κ1) is 17.7. The molecule has 0 spiro atoms. The summed E-state index contributed by atoms with van der Waals surface area (Å²) in [6.45, 7) is 10.0. The normalized spacial score (nSPS) is 12.9. The van der Waals surface area contributed by atoms with Crippen LogP contribution in [-0.2, 0) is 4.79 Å². The van der Waals surface area contributed by atoms with E-state index < -0.39 is 5.41 Å². The van der Waals surface area contributed by atoms with Crippen LogP contribution in [0.3, 0.4) is 0 Å². The van der Waals surface area contributed by atoms with Gasteiger partial charge in [-0.15, -0.1) is 11.3 Å². The lowest BCUT2D eigenvalue weighted by molar-refractivity contribution is -0.123. The molecule has 118 valence electrons. The number of nitrogens with one attached hydrogen (secondary N) is 3. The van der Waals surface area contributed by atoms with Gasteiger partial charge in [-0.05, 0) is 32.5 Å². The number of anilines is 1. The molecule has 0 aliphatic carbocycles. The number of hydrogen-bond donors (Lipinski definition) is 3. The Balaban J connectivity index is 2.74. The number of amides is 2. The smallest absolute Gasteiger partial charge is 0.261 e. The Bertz CT molecular complexity index is 517. The zero-order valence-electron chi connectivity index (χ0n) is 13.6. The lowest BCUT2D eigenvalue weighted by Gasteiger charge is -2.16. The van der Waals surface area contributed by atoms with Crippen molar-refractivity contribution in [2.24, 2.45) is 5.41 Å². The standard InChI is InChI=1S/C15H25N3O2S/c1-9-7-11(18-14(20)15(3,4)5)21-12(9)13(19)17-8-10(2)16-6/h7,10,16H,8H2,1-6H3,(H,17,19)(H,18,20). The van der Waals surface area contributed by atoms with Crippen molar-refractivity contribution in [3.8, 4) is 0 Å². The second kappa shape index (κ2) is 7.04. The molecule has 1 heterocycles. The molecule has 0 bridgehead atoms. The van der Waals surface area contributed by atoms with Crippen molar-refractivity contribution in [1.82, 2.24) is 10.6 Å². The second-order valence-corrected chi connectivity index (χ2v) is 7.28. The highest BCUT2D eigenvalue weighted by Crippen LogP contribution is 2.28. The third kappa shape index (κ3) is 5.13. The monoisotopic (exact) mass is 311 g/mol. The number of likely N-dealkylation sites (N-methyl/N-ethyl adjacent to an activating group) is 1. The van der Waals surface area contributed by atoms with E-state index in [1.807, 2.05) is 47.7 Å². The quantitative estimate of drug-likeness (QED) is 0.782. The van der Waals surface area contributed by atoms with Crippen LogP contribution in [0.5, 0.6) is 0 Å². The Morgan fingerprint density at radius 3 is 2.48 bits per heavy atom. The SMILES string of the molecule is CNC(C)CNC(=O)c1sc(NC(=O)C(C)(C)C)cc1C. The summed E-state index contributed by atoms with van der Waals surface area (Å²) in [5, 5.41) is 9.52. The van der Waals surface area contributed by atoms with E-state index in [2.05, 4.69) is 16.0 Å². The molecule has 0 fully saturated rings. The molecular weight excluding hydrogens is 286 g/mol. The molecule has 0 aromatic carbocycles. The molecule has 6 heteroatoms. The Kier molecular flexibility index (Phi) is 5.92. The molecule has 0 saturated heterocycles. The van der Waals surface area contributed by atoms with Crippen molar-refractivity contribution < 1.29 is 9.59 Å². The third-order valence-electron chi connectivity index (χ3n) is 3.10. The fraction of sp³-hybridized carbons (Fsp3) is 0.600. The van der Waals surface area contributed by atoms with E-state index in [0.717, 1.165) is 5.56 Å². The van der Waals surface area contributed by atoms with E-state index in [-0.39, 0.29) is 17.9 Å². The van der Waals surface area contributed by atoms with E-state index in [0.29, 0.717) is 16.4 Å². The Morgan fingerprint density at radius 2 is 1.95 bits per heavy atom. The molecule has 1 rings (SSSR count). The molecule has 0 saturated carbocycles. The number of hydrogen-bond acceptors (Lipinski definition) is 4. The van der Waals surface area contributed by atoms with Crippen molar-refractivity contribution >= 4 is 28.2 Å². The van der Waals surface area contributed by atoms with E-state index in [1.54, 1.807) is 0 Å². The highest BCUT2D eigenvalue weighted by atomic mass is 32.1. The molecule has 1 atom stereocenters. The number of carbonyl (C=O) groups is 2. The average Bonchev–Trinajstić information content (AvgIpc) is 2.75. The van der Waals surface area contributed by atoms with E-state index in [1.165, 1.54) is 11.3 Å². The van der Waals surface area contributed by atoms with Gasteiger partial charge in [-0.1, -0.05) is 20.8 Å². The molecule has 0 aliphatic rings. The van der Waals surface area contributed by atoms with Gasteiger partial charge >= 0.3 is 0 Å². The predicted molar refractivity (Wildman–Crippen MR) is 88.0 cm³/mol. The van der Waals surface area contributed by atoms with Crippen LogP contribution in [0, 0.1) is 12.3 Å². The maximum absolute atomic E-state index is 12.1. The van der Waals surface area contributed by atoms with Gasteiger partial charge in [-0.2, -0.15) is 0 Å². The molecule has 1 unspecified atom stereocenters. The van der Waals surface area contributed by atoms with Crippen molar-refractivity contribution in [2.45, 2.75) is 40.7 Å². The molecule has 0 radical (unpaired) electrons. The fourth-order valence-electron chi connectivity index (χ4n) is 1.50. The van der Waals surface area contributed by atoms with Crippen LogP contribution in [0.15, 0.2) is 6.07 Å². The fourth-order valence-corrected chi connectivity index (χ4v) is 2.48. The van der Waals surface area contributed by atoms with Crippen LogP contribution in [0.25, 0.3) is 0 Å². The molecule has 1 aromatic rings. The minimum Gasteiger partial charge on any atom is -0.350 e. The summed E-state index contributed by atoms with van der Waals surface area (Å²) in [5.74, 6) is -0.157. The van der Waals surface area contributed by atoms with Crippen LogP contribution < -0.4 is 16.0 Å². The number of thiophene rings is 1. The van der Waals surface area contributed by atoms with Crippen LogP contribution >= 0.6 is 11.3 Å². The summed E-state index contributed by atoms with van der Waals surface area (Å²) in [5.41, 5.74) is 0.418. The van der Waals surface area contributed by atoms with Gasteiger partial charge in [0.25, 0.3) is 5.91 Å². The first-order valence-corrected chi connectivity index (χ1v) is 7.84. The molecule has 0 aliphatic heterocycles. The Morgan fingerprint density at radius 1 is 1.33 bits per heavy atom. The van der Waals surface area contributed by atoms with Gasteiger partial charge in [0.1, 0.15) is 0 Å². The summed E-state index contributed by atoms with van der Waals surface area (Å²) in [7, 11) is 1.85. The predicted octanol–water partition coefficient (Wildman–Crippen LogP) is 2.38. The molecule has 1 aromatic heterocycles. The summed E-state index contributed by atoms with van der Waals surface area (Å²) in [6, 6.07) is 2.05. The molecular formula is C15H25N3O2S. The van der Waals surface area contributed by atoms with Gasteiger partial charge in [0, 0.05) is 18.0 Å². The van der Waals surface area contributed by atoms with Gasteiger partial charge in [-0.25, -0.2) is 0 Å². The van der Waals surface area contributed by atoms with Gasteiger partial charge < -0.3 is 16.0 Å². The van der Waals surface area contributed by atoms with Crippen LogP contribution in [0.2, 0.25) is 0 Å². The highest BCUT2D eigenvalue weighted by molar-refractivity contribution is 7.18. The lowest BCUT2D eigenvalue weighted by Crippen LogP contribution is -2.37. The summed E-state index contributed by atoms with van der Waals surface area (Å²) < 4.78 is 0. The van der Waals surface area contributed by atoms with Gasteiger partial charge in [0.2, 0.25) is 5.91 Å². The highest BCUT2D eigenvalue weighted by Gasteiger charge is 2.23. The van der Waals surface area contributed by atoms with E-state index >= 15 is 0 Å². The van der Waals surface area contributed by atoms with Crippen molar-refractivity contribution in [2.75, 3.05) is 18.9 Å². The Hall–Kier alpha value is -1.40. The molecule has 3 N–H and O–H groups in total. The maximum atomic E-state index is 12.1. The van der Waals surface area contributed by atoms with Crippen LogP contribution in [-0.4, -0.2) is 31.4 Å². The first-order valence-electron chi connectivity index (χ1n) is 7.02. The number of carbonyl (C=O) groups excluding carboxylic acids is 2. The summed E-state index contributed by atoms with van der Waals surface area (Å²) in [6.07, 6.45) is 0. The summed E-state index contributed by atoms with van der Waals surface area (Å²) in [4.78, 5) is 24.7. The largest absolute Gasteiger partial charge is 0.350 e. The van der Waals surface area contributed by atoms with Crippen molar-refractivity contribution in [3.63, 3.8) is 0 Å². The average molecular weight is 311 g/mol. The lowest BCUT2D eigenvalue weighted by atomic mass is 9.96. The summed E-state index contributed by atoms with van der Waals surface area (Å²) >= 11 is 1.31. The molecule has 21 heavy (non-hydrogen) atoms. The number of aryl methyl sites for hydroxylation is 1. The second-order valence-electron chi connectivity index (χ2n) is 6.23. The minimum atomic E-state index is -0.456. The van der Waals surface area contributed by atoms with E-state index in [4.69, 9.17) is 0 Å². The van der Waals surface area contributed by atoms with Crippen molar-refractivity contribution in [3.05, 3.63) is 16.5 Å². The minimum absolute atomic E-state index is 0.0560. The van der Waals surface area contributed by atoms with Crippen molar-refractivity contribution in [1.29, 1.82) is 0 Å². The maximum Gasteiger partial charge on any atom is 0.261 e. The van der Waals surface area contributed by atoms with Gasteiger partial charge in [0.15, 0.2) is 0 Å². The number of rotatable bonds is 5. The van der Waals surface area contributed by atoms with E-state index in [9.17, 15) is 9.59 Å². The molecule has 5 nitrogen and oxygen atoms in total. The zero-order chi connectivity index (χ0) is 16.2. The van der Waals surface area contributed by atoms with Crippen LogP contribution in [0.1, 0.15) is 42.9 Å². The van der Waals surface area contributed by atoms with Gasteiger partial charge in [0.05, 0.1) is 9.88 Å². The van der Waals surface area contributed by atoms with Crippen LogP contribution in [0.4, 0.5) is 5.00 Å². The third-order valence-corrected chi connectivity index (χ3v) is 4.25. The Labute approximate surface area is 130 Å². The molecule has 2 amide bonds. The van der Waals surface area contributed by atoms with Gasteiger partial charge in [-0.3, -0.25) is 9.59 Å².